The Morgan fingerprint density at radius 2 is 1.53 bits per heavy atom. The van der Waals surface area contributed by atoms with Crippen molar-refractivity contribution in [3.8, 4) is 0 Å². The SMILES string of the molecule is CCCCCCCCOC(C)CNCCCC. The molecule has 0 heterocycles. The minimum Gasteiger partial charge on any atom is -0.377 e. The molecule has 1 atom stereocenters. The molecule has 2 nitrogen and oxygen atoms in total. The number of unbranched alkanes of at least 4 members (excludes halogenated alkanes) is 6. The summed E-state index contributed by atoms with van der Waals surface area (Å²) in [5.74, 6) is 0. The molecule has 0 aliphatic rings. The molecule has 104 valence electrons. The van der Waals surface area contributed by atoms with E-state index in [4.69, 9.17) is 4.74 Å². The van der Waals surface area contributed by atoms with Crippen LogP contribution in [0, 0.1) is 0 Å². The fraction of sp³-hybridized carbons (Fsp3) is 1.00. The second kappa shape index (κ2) is 14.0. The van der Waals surface area contributed by atoms with E-state index in [9.17, 15) is 0 Å². The van der Waals surface area contributed by atoms with Crippen LogP contribution in [0.25, 0.3) is 0 Å². The lowest BCUT2D eigenvalue weighted by Gasteiger charge is -2.13. The molecule has 0 saturated heterocycles. The molecule has 1 N–H and O–H groups in total. The van der Waals surface area contributed by atoms with Gasteiger partial charge in [0.05, 0.1) is 6.10 Å². The van der Waals surface area contributed by atoms with Crippen LogP contribution in [0.4, 0.5) is 0 Å². The van der Waals surface area contributed by atoms with Crippen LogP contribution in [0.3, 0.4) is 0 Å². The molecule has 2 heteroatoms. The average molecular weight is 243 g/mol. The Morgan fingerprint density at radius 3 is 2.24 bits per heavy atom. The van der Waals surface area contributed by atoms with Gasteiger partial charge in [-0.05, 0) is 26.3 Å². The van der Waals surface area contributed by atoms with Gasteiger partial charge in [-0.1, -0.05) is 52.4 Å². The number of hydrogen-bond acceptors (Lipinski definition) is 2. The molecule has 0 aromatic carbocycles. The minimum absolute atomic E-state index is 0.363. The maximum Gasteiger partial charge on any atom is 0.0671 e. The van der Waals surface area contributed by atoms with Gasteiger partial charge in [0.2, 0.25) is 0 Å². The Morgan fingerprint density at radius 1 is 0.882 bits per heavy atom. The van der Waals surface area contributed by atoms with E-state index in [2.05, 4.69) is 26.1 Å². The molecule has 0 aromatic heterocycles. The van der Waals surface area contributed by atoms with Crippen LogP contribution in [0.2, 0.25) is 0 Å². The first-order valence-electron chi connectivity index (χ1n) is 7.63. The highest BCUT2D eigenvalue weighted by Gasteiger charge is 2.00. The lowest BCUT2D eigenvalue weighted by atomic mass is 10.1. The maximum atomic E-state index is 5.77. The molecule has 0 amide bonds. The fourth-order valence-corrected chi connectivity index (χ4v) is 1.83. The molecule has 0 bridgehead atoms. The van der Waals surface area contributed by atoms with Crippen molar-refractivity contribution in [3.63, 3.8) is 0 Å². The van der Waals surface area contributed by atoms with Crippen molar-refractivity contribution in [1.82, 2.24) is 5.32 Å². The first kappa shape index (κ1) is 16.9. The third kappa shape index (κ3) is 13.9. The molecule has 0 radical (unpaired) electrons. The number of nitrogens with one attached hydrogen (secondary N) is 1. The summed E-state index contributed by atoms with van der Waals surface area (Å²) in [6, 6.07) is 0. The molecule has 1 unspecified atom stereocenters. The van der Waals surface area contributed by atoms with Gasteiger partial charge >= 0.3 is 0 Å². The lowest BCUT2D eigenvalue weighted by Crippen LogP contribution is -2.27. The molecule has 0 spiro atoms. The van der Waals surface area contributed by atoms with Crippen LogP contribution in [0.15, 0.2) is 0 Å². The first-order chi connectivity index (χ1) is 8.31. The average Bonchev–Trinajstić information content (AvgIpc) is 2.33. The third-order valence-corrected chi connectivity index (χ3v) is 3.04. The van der Waals surface area contributed by atoms with Gasteiger partial charge in [0.1, 0.15) is 0 Å². The number of hydrogen-bond donors (Lipinski definition) is 1. The summed E-state index contributed by atoms with van der Waals surface area (Å²) < 4.78 is 5.77. The van der Waals surface area contributed by atoms with E-state index in [0.717, 1.165) is 19.7 Å². The number of rotatable bonds is 13. The van der Waals surface area contributed by atoms with Crippen LogP contribution in [0.1, 0.15) is 72.1 Å². The Labute approximate surface area is 109 Å². The van der Waals surface area contributed by atoms with Gasteiger partial charge in [-0.2, -0.15) is 0 Å². The third-order valence-electron chi connectivity index (χ3n) is 3.04. The van der Waals surface area contributed by atoms with E-state index < -0.39 is 0 Å². The Kier molecular flexibility index (Phi) is 13.9. The van der Waals surface area contributed by atoms with Crippen molar-refractivity contribution in [2.45, 2.75) is 78.2 Å². The molecule has 0 aliphatic heterocycles. The second-order valence-electron chi connectivity index (χ2n) is 5.01. The van der Waals surface area contributed by atoms with Crippen molar-refractivity contribution in [2.24, 2.45) is 0 Å². The van der Waals surface area contributed by atoms with Gasteiger partial charge < -0.3 is 10.1 Å². The van der Waals surface area contributed by atoms with Crippen molar-refractivity contribution in [2.75, 3.05) is 19.7 Å². The van der Waals surface area contributed by atoms with E-state index >= 15 is 0 Å². The molecule has 0 rings (SSSR count). The van der Waals surface area contributed by atoms with Crippen LogP contribution in [-0.2, 0) is 4.74 Å². The predicted molar refractivity (Wildman–Crippen MR) is 76.6 cm³/mol. The fourth-order valence-electron chi connectivity index (χ4n) is 1.83. The van der Waals surface area contributed by atoms with E-state index in [0.29, 0.717) is 6.10 Å². The summed E-state index contributed by atoms with van der Waals surface area (Å²) in [5, 5.41) is 3.43. The van der Waals surface area contributed by atoms with Crippen molar-refractivity contribution >= 4 is 0 Å². The van der Waals surface area contributed by atoms with Gasteiger partial charge in [-0.3, -0.25) is 0 Å². The summed E-state index contributed by atoms with van der Waals surface area (Å²) >= 11 is 0. The lowest BCUT2D eigenvalue weighted by molar-refractivity contribution is 0.0631. The van der Waals surface area contributed by atoms with Crippen molar-refractivity contribution < 1.29 is 4.74 Å². The summed E-state index contributed by atoms with van der Waals surface area (Å²) in [7, 11) is 0. The van der Waals surface area contributed by atoms with Gasteiger partial charge in [-0.15, -0.1) is 0 Å². The topological polar surface area (TPSA) is 21.3 Å². The normalized spacial score (nSPS) is 12.9. The molecule has 0 aromatic rings. The van der Waals surface area contributed by atoms with E-state index in [1.165, 1.54) is 51.4 Å². The minimum atomic E-state index is 0.363. The summed E-state index contributed by atoms with van der Waals surface area (Å²) in [4.78, 5) is 0. The highest BCUT2D eigenvalue weighted by Crippen LogP contribution is 2.05. The van der Waals surface area contributed by atoms with E-state index in [-0.39, 0.29) is 0 Å². The quantitative estimate of drug-likeness (QED) is 0.491. The largest absolute Gasteiger partial charge is 0.377 e. The zero-order valence-corrected chi connectivity index (χ0v) is 12.3. The van der Waals surface area contributed by atoms with Crippen LogP contribution in [0.5, 0.6) is 0 Å². The smallest absolute Gasteiger partial charge is 0.0671 e. The van der Waals surface area contributed by atoms with Crippen molar-refractivity contribution in [1.29, 1.82) is 0 Å². The molecule has 17 heavy (non-hydrogen) atoms. The predicted octanol–water partition coefficient (Wildman–Crippen LogP) is 4.14. The Bertz CT molecular complexity index is 139. The molecular weight excluding hydrogens is 210 g/mol. The molecule has 0 fully saturated rings. The van der Waals surface area contributed by atoms with Gasteiger partial charge in [-0.25, -0.2) is 0 Å². The van der Waals surface area contributed by atoms with Gasteiger partial charge in [0.25, 0.3) is 0 Å². The summed E-state index contributed by atoms with van der Waals surface area (Å²) in [6.07, 6.45) is 10.9. The second-order valence-corrected chi connectivity index (χ2v) is 5.01. The highest BCUT2D eigenvalue weighted by molar-refractivity contribution is 4.55. The van der Waals surface area contributed by atoms with Crippen LogP contribution in [-0.4, -0.2) is 25.8 Å². The van der Waals surface area contributed by atoms with E-state index in [1.807, 2.05) is 0 Å². The standard InChI is InChI=1S/C15H33NO/c1-4-6-8-9-10-11-13-17-15(3)14-16-12-7-5-2/h15-16H,4-14H2,1-3H3. The van der Waals surface area contributed by atoms with Crippen molar-refractivity contribution in [3.05, 3.63) is 0 Å². The molecule has 0 aliphatic carbocycles. The monoisotopic (exact) mass is 243 g/mol. The summed E-state index contributed by atoms with van der Waals surface area (Å²) in [6.45, 7) is 9.70. The zero-order valence-electron chi connectivity index (χ0n) is 12.3. The zero-order chi connectivity index (χ0) is 12.8. The summed E-state index contributed by atoms with van der Waals surface area (Å²) in [5.41, 5.74) is 0. The first-order valence-corrected chi connectivity index (χ1v) is 7.63. The number of ether oxygens (including phenoxy) is 1. The van der Waals surface area contributed by atoms with Crippen LogP contribution >= 0.6 is 0 Å². The highest BCUT2D eigenvalue weighted by atomic mass is 16.5. The Balaban J connectivity index is 3.08. The van der Waals surface area contributed by atoms with Gasteiger partial charge in [0.15, 0.2) is 0 Å². The molecular formula is C15H33NO. The maximum absolute atomic E-state index is 5.77. The van der Waals surface area contributed by atoms with Crippen LogP contribution < -0.4 is 5.32 Å². The Hall–Kier alpha value is -0.0800. The molecule has 0 saturated carbocycles. The van der Waals surface area contributed by atoms with Gasteiger partial charge in [0, 0.05) is 13.2 Å². The van der Waals surface area contributed by atoms with E-state index in [1.54, 1.807) is 0 Å².